The van der Waals surface area contributed by atoms with E-state index >= 15 is 0 Å². The Bertz CT molecular complexity index is 587. The highest BCUT2D eigenvalue weighted by Crippen LogP contribution is 2.31. The zero-order valence-corrected chi connectivity index (χ0v) is 10.6. The van der Waals surface area contributed by atoms with Crippen molar-refractivity contribution in [1.82, 2.24) is 4.98 Å². The molecule has 0 aliphatic rings. The summed E-state index contributed by atoms with van der Waals surface area (Å²) in [5.74, 6) is 0. The van der Waals surface area contributed by atoms with E-state index in [1.165, 1.54) is 11.8 Å². The number of hydrogen-bond acceptors (Lipinski definition) is 4. The molecule has 4 heteroatoms. The SMILES string of the molecule is CCNc1c(C#N)c(SC)nc2ccccc12. The second kappa shape index (κ2) is 5.07. The molecule has 1 aromatic heterocycles. The van der Waals surface area contributed by atoms with Gasteiger partial charge < -0.3 is 5.32 Å². The third-order valence-electron chi connectivity index (χ3n) is 2.52. The molecular formula is C13H13N3S. The zero-order chi connectivity index (χ0) is 12.3. The average Bonchev–Trinajstić information content (AvgIpc) is 2.38. The van der Waals surface area contributed by atoms with E-state index in [0.717, 1.165) is 28.2 Å². The number of nitrogens with one attached hydrogen (secondary N) is 1. The van der Waals surface area contributed by atoms with Crippen LogP contribution >= 0.6 is 11.8 Å². The van der Waals surface area contributed by atoms with Crippen LogP contribution < -0.4 is 5.32 Å². The highest BCUT2D eigenvalue weighted by atomic mass is 32.2. The minimum atomic E-state index is 0.637. The lowest BCUT2D eigenvalue weighted by Crippen LogP contribution is -2.02. The number of para-hydroxylation sites is 1. The van der Waals surface area contributed by atoms with Gasteiger partial charge >= 0.3 is 0 Å². The maximum atomic E-state index is 9.27. The van der Waals surface area contributed by atoms with Gasteiger partial charge in [-0.3, -0.25) is 0 Å². The summed E-state index contributed by atoms with van der Waals surface area (Å²) < 4.78 is 0. The van der Waals surface area contributed by atoms with Gasteiger partial charge in [-0.2, -0.15) is 5.26 Å². The van der Waals surface area contributed by atoms with Crippen LogP contribution in [-0.4, -0.2) is 17.8 Å². The summed E-state index contributed by atoms with van der Waals surface area (Å²) in [5.41, 5.74) is 2.45. The standard InChI is InChI=1S/C13H13N3S/c1-3-15-12-9-6-4-5-7-11(9)16-13(17-2)10(12)8-14/h4-7H,3H2,1-2H3,(H,15,16). The number of aromatic nitrogens is 1. The average molecular weight is 243 g/mol. The van der Waals surface area contributed by atoms with Crippen molar-refractivity contribution < 1.29 is 0 Å². The van der Waals surface area contributed by atoms with E-state index < -0.39 is 0 Å². The summed E-state index contributed by atoms with van der Waals surface area (Å²) in [4.78, 5) is 4.51. The van der Waals surface area contributed by atoms with Crippen molar-refractivity contribution in [2.75, 3.05) is 18.1 Å². The quantitative estimate of drug-likeness (QED) is 0.841. The smallest absolute Gasteiger partial charge is 0.116 e. The summed E-state index contributed by atoms with van der Waals surface area (Å²) in [6.45, 7) is 2.81. The third kappa shape index (κ3) is 2.06. The first kappa shape index (κ1) is 11.7. The Kier molecular flexibility index (Phi) is 3.50. The van der Waals surface area contributed by atoms with Crippen LogP contribution in [0.3, 0.4) is 0 Å². The van der Waals surface area contributed by atoms with Crippen molar-refractivity contribution >= 4 is 28.4 Å². The Morgan fingerprint density at radius 3 is 2.82 bits per heavy atom. The molecule has 17 heavy (non-hydrogen) atoms. The molecule has 0 amide bonds. The lowest BCUT2D eigenvalue weighted by molar-refractivity contribution is 1.14. The lowest BCUT2D eigenvalue weighted by atomic mass is 10.1. The predicted molar refractivity (Wildman–Crippen MR) is 72.4 cm³/mol. The van der Waals surface area contributed by atoms with E-state index in [9.17, 15) is 5.26 Å². The van der Waals surface area contributed by atoms with Crippen LogP contribution in [0.5, 0.6) is 0 Å². The third-order valence-corrected chi connectivity index (χ3v) is 3.20. The van der Waals surface area contributed by atoms with E-state index in [-0.39, 0.29) is 0 Å². The minimum Gasteiger partial charge on any atom is -0.384 e. The fourth-order valence-electron chi connectivity index (χ4n) is 1.80. The van der Waals surface area contributed by atoms with Crippen LogP contribution in [0, 0.1) is 11.3 Å². The molecule has 2 aromatic rings. The molecule has 3 nitrogen and oxygen atoms in total. The van der Waals surface area contributed by atoms with Gasteiger partial charge in [0.05, 0.1) is 11.2 Å². The number of fused-ring (bicyclic) bond motifs is 1. The summed E-state index contributed by atoms with van der Waals surface area (Å²) in [6, 6.07) is 10.1. The zero-order valence-electron chi connectivity index (χ0n) is 9.82. The summed E-state index contributed by atoms with van der Waals surface area (Å²) in [6.07, 6.45) is 1.94. The predicted octanol–water partition coefficient (Wildman–Crippen LogP) is 3.26. The fraction of sp³-hybridized carbons (Fsp3) is 0.231. The fourth-order valence-corrected chi connectivity index (χ4v) is 2.34. The van der Waals surface area contributed by atoms with Crippen LogP contribution in [0.2, 0.25) is 0 Å². The van der Waals surface area contributed by atoms with Gasteiger partial charge in [0.1, 0.15) is 16.7 Å². The molecule has 0 saturated heterocycles. The first-order valence-electron chi connectivity index (χ1n) is 5.42. The van der Waals surface area contributed by atoms with Crippen molar-refractivity contribution in [3.8, 4) is 6.07 Å². The molecule has 1 aromatic carbocycles. The molecule has 0 atom stereocenters. The van der Waals surface area contributed by atoms with Gasteiger partial charge in [-0.1, -0.05) is 18.2 Å². The van der Waals surface area contributed by atoms with Crippen LogP contribution in [-0.2, 0) is 0 Å². The Hall–Kier alpha value is -1.73. The normalized spacial score (nSPS) is 10.2. The molecule has 1 N–H and O–H groups in total. The van der Waals surface area contributed by atoms with Crippen molar-refractivity contribution in [1.29, 1.82) is 5.26 Å². The van der Waals surface area contributed by atoms with E-state index in [2.05, 4.69) is 16.4 Å². The van der Waals surface area contributed by atoms with Crippen LogP contribution in [0.15, 0.2) is 29.3 Å². The second-order valence-corrected chi connectivity index (χ2v) is 4.33. The highest BCUT2D eigenvalue weighted by molar-refractivity contribution is 7.98. The largest absolute Gasteiger partial charge is 0.384 e. The summed E-state index contributed by atoms with van der Waals surface area (Å²) in [7, 11) is 0. The number of thioether (sulfide) groups is 1. The number of anilines is 1. The number of hydrogen-bond donors (Lipinski definition) is 1. The lowest BCUT2D eigenvalue weighted by Gasteiger charge is -2.12. The molecule has 0 radical (unpaired) electrons. The van der Waals surface area contributed by atoms with Crippen molar-refractivity contribution in [2.24, 2.45) is 0 Å². The van der Waals surface area contributed by atoms with Crippen molar-refractivity contribution in [3.63, 3.8) is 0 Å². The van der Waals surface area contributed by atoms with Crippen LogP contribution in [0.1, 0.15) is 12.5 Å². The number of nitriles is 1. The topological polar surface area (TPSA) is 48.7 Å². The summed E-state index contributed by atoms with van der Waals surface area (Å²) >= 11 is 1.50. The van der Waals surface area contributed by atoms with Gasteiger partial charge in [-0.05, 0) is 19.2 Å². The number of nitrogens with zero attached hydrogens (tertiary/aromatic N) is 2. The second-order valence-electron chi connectivity index (χ2n) is 3.53. The van der Waals surface area contributed by atoms with Gasteiger partial charge in [0, 0.05) is 11.9 Å². The van der Waals surface area contributed by atoms with E-state index in [4.69, 9.17) is 0 Å². The van der Waals surface area contributed by atoms with E-state index in [1.54, 1.807) is 0 Å². The number of benzene rings is 1. The Labute approximate surface area is 105 Å². The van der Waals surface area contributed by atoms with Crippen LogP contribution in [0.4, 0.5) is 5.69 Å². The van der Waals surface area contributed by atoms with Crippen LogP contribution in [0.25, 0.3) is 10.9 Å². The van der Waals surface area contributed by atoms with E-state index in [1.807, 2.05) is 37.4 Å². The molecule has 0 saturated carbocycles. The monoisotopic (exact) mass is 243 g/mol. The number of rotatable bonds is 3. The molecule has 0 spiro atoms. The molecule has 0 aliphatic heterocycles. The molecular weight excluding hydrogens is 230 g/mol. The molecule has 0 unspecified atom stereocenters. The van der Waals surface area contributed by atoms with E-state index in [0.29, 0.717) is 5.56 Å². The molecule has 1 heterocycles. The van der Waals surface area contributed by atoms with Gasteiger partial charge in [0.2, 0.25) is 0 Å². The van der Waals surface area contributed by atoms with Gasteiger partial charge in [-0.25, -0.2) is 4.98 Å². The Morgan fingerprint density at radius 2 is 2.18 bits per heavy atom. The first-order valence-corrected chi connectivity index (χ1v) is 6.65. The molecule has 2 rings (SSSR count). The number of pyridine rings is 1. The molecule has 0 fully saturated rings. The Morgan fingerprint density at radius 1 is 1.41 bits per heavy atom. The molecule has 0 aliphatic carbocycles. The van der Waals surface area contributed by atoms with Crippen molar-refractivity contribution in [2.45, 2.75) is 11.9 Å². The molecule has 0 bridgehead atoms. The maximum Gasteiger partial charge on any atom is 0.116 e. The first-order chi connectivity index (χ1) is 8.31. The van der Waals surface area contributed by atoms with Crippen molar-refractivity contribution in [3.05, 3.63) is 29.8 Å². The van der Waals surface area contributed by atoms with Gasteiger partial charge in [0.15, 0.2) is 0 Å². The van der Waals surface area contributed by atoms with Gasteiger partial charge in [-0.15, -0.1) is 11.8 Å². The summed E-state index contributed by atoms with van der Waals surface area (Å²) in [5, 5.41) is 14.3. The molecule has 86 valence electrons. The maximum absolute atomic E-state index is 9.27. The Balaban J connectivity index is 2.82. The minimum absolute atomic E-state index is 0.637. The highest BCUT2D eigenvalue weighted by Gasteiger charge is 2.13. The van der Waals surface area contributed by atoms with Gasteiger partial charge in [0.25, 0.3) is 0 Å².